The molecule has 0 spiro atoms. The summed E-state index contributed by atoms with van der Waals surface area (Å²) in [5.74, 6) is 0.195. The average molecular weight is 321 g/mol. The molecule has 0 atom stereocenters. The van der Waals surface area contributed by atoms with Gasteiger partial charge >= 0.3 is 0 Å². The normalized spacial score (nSPS) is 14.6. The van der Waals surface area contributed by atoms with Crippen LogP contribution < -0.4 is 10.3 Å². The van der Waals surface area contributed by atoms with Crippen molar-refractivity contribution in [3.63, 3.8) is 0 Å². The van der Waals surface area contributed by atoms with Crippen LogP contribution >= 0.6 is 12.2 Å². The Balaban J connectivity index is 1.81. The average Bonchev–Trinajstić information content (AvgIpc) is 2.49. The van der Waals surface area contributed by atoms with E-state index >= 15 is 0 Å². The van der Waals surface area contributed by atoms with Gasteiger partial charge in [-0.25, -0.2) is 4.39 Å². The predicted octanol–water partition coefficient (Wildman–Crippen LogP) is 2.14. The van der Waals surface area contributed by atoms with Crippen LogP contribution in [0.2, 0.25) is 0 Å². The molecule has 0 fully saturated rings. The van der Waals surface area contributed by atoms with Gasteiger partial charge in [-0.15, -0.1) is 0 Å². The summed E-state index contributed by atoms with van der Waals surface area (Å²) in [6.45, 7) is 1.67. The Morgan fingerprint density at radius 1 is 1.41 bits per heavy atom. The molecule has 0 unspecified atom stereocenters. The number of fused-ring (bicyclic) bond motifs is 1. The number of hydrogen-bond donors (Lipinski definition) is 2. The second-order valence-electron chi connectivity index (χ2n) is 5.28. The van der Waals surface area contributed by atoms with E-state index < -0.39 is 0 Å². The molecule has 116 valence electrons. The van der Waals surface area contributed by atoms with Gasteiger partial charge in [0.2, 0.25) is 0 Å². The number of hydrogen-bond acceptors (Lipinski definition) is 4. The van der Waals surface area contributed by atoms with Crippen molar-refractivity contribution in [1.29, 1.82) is 0 Å². The molecule has 0 saturated carbocycles. The molecular formula is C15H16FN3O2S. The van der Waals surface area contributed by atoms with Crippen LogP contribution in [-0.4, -0.2) is 28.5 Å². The Hall–Kier alpha value is -1.99. The number of aromatic nitrogens is 2. The SMILES string of the molecule is COc1ccc(CN2CCc3[nH]c(=S)[nH]c(=O)c3C2)c(F)c1. The van der Waals surface area contributed by atoms with E-state index in [0.717, 1.165) is 12.2 Å². The summed E-state index contributed by atoms with van der Waals surface area (Å²) in [5, 5.41) is 0. The van der Waals surface area contributed by atoms with Gasteiger partial charge in [-0.3, -0.25) is 14.7 Å². The maximum absolute atomic E-state index is 14.0. The van der Waals surface area contributed by atoms with E-state index in [4.69, 9.17) is 17.0 Å². The van der Waals surface area contributed by atoms with Crippen LogP contribution in [0.25, 0.3) is 0 Å². The van der Waals surface area contributed by atoms with Crippen LogP contribution in [-0.2, 0) is 19.5 Å². The largest absolute Gasteiger partial charge is 0.497 e. The van der Waals surface area contributed by atoms with Gasteiger partial charge in [0.15, 0.2) is 4.77 Å². The molecule has 7 heteroatoms. The quantitative estimate of drug-likeness (QED) is 0.850. The fourth-order valence-corrected chi connectivity index (χ4v) is 2.89. The third-order valence-corrected chi connectivity index (χ3v) is 4.05. The lowest BCUT2D eigenvalue weighted by molar-refractivity contribution is 0.238. The monoisotopic (exact) mass is 321 g/mol. The zero-order valence-electron chi connectivity index (χ0n) is 12.1. The number of H-pyrrole nitrogens is 2. The van der Waals surface area contributed by atoms with E-state index in [0.29, 0.717) is 41.2 Å². The van der Waals surface area contributed by atoms with E-state index in [2.05, 4.69) is 9.97 Å². The highest BCUT2D eigenvalue weighted by Gasteiger charge is 2.20. The van der Waals surface area contributed by atoms with Crippen molar-refractivity contribution in [2.45, 2.75) is 19.5 Å². The topological polar surface area (TPSA) is 61.1 Å². The number of aromatic amines is 2. The van der Waals surface area contributed by atoms with E-state index in [1.54, 1.807) is 12.1 Å². The third-order valence-electron chi connectivity index (χ3n) is 3.84. The lowest BCUT2D eigenvalue weighted by Gasteiger charge is -2.27. The van der Waals surface area contributed by atoms with Gasteiger partial charge in [-0.05, 0) is 18.3 Å². The van der Waals surface area contributed by atoms with Crippen LogP contribution in [0.3, 0.4) is 0 Å². The molecule has 22 heavy (non-hydrogen) atoms. The molecule has 3 rings (SSSR count). The van der Waals surface area contributed by atoms with Crippen molar-refractivity contribution >= 4 is 12.2 Å². The minimum absolute atomic E-state index is 0.168. The van der Waals surface area contributed by atoms with E-state index in [9.17, 15) is 9.18 Å². The highest BCUT2D eigenvalue weighted by atomic mass is 32.1. The van der Waals surface area contributed by atoms with Gasteiger partial charge < -0.3 is 9.72 Å². The van der Waals surface area contributed by atoms with Crippen LogP contribution in [0.5, 0.6) is 5.75 Å². The molecule has 1 aliphatic heterocycles. The Labute approximate surface area is 131 Å². The lowest BCUT2D eigenvalue weighted by atomic mass is 10.1. The lowest BCUT2D eigenvalue weighted by Crippen LogP contribution is -2.35. The molecule has 0 aliphatic carbocycles. The van der Waals surface area contributed by atoms with Gasteiger partial charge in [0.1, 0.15) is 11.6 Å². The Kier molecular flexibility index (Phi) is 4.08. The summed E-state index contributed by atoms with van der Waals surface area (Å²) in [5.41, 5.74) is 1.97. The molecule has 0 bridgehead atoms. The summed E-state index contributed by atoms with van der Waals surface area (Å²) in [4.78, 5) is 19.6. The van der Waals surface area contributed by atoms with Crippen LogP contribution in [0, 0.1) is 10.6 Å². The minimum Gasteiger partial charge on any atom is -0.497 e. The second-order valence-corrected chi connectivity index (χ2v) is 5.69. The molecule has 0 saturated heterocycles. The Bertz CT molecular complexity index is 815. The number of rotatable bonds is 3. The Morgan fingerprint density at radius 3 is 2.95 bits per heavy atom. The van der Waals surface area contributed by atoms with Crippen molar-refractivity contribution < 1.29 is 9.13 Å². The maximum atomic E-state index is 14.0. The maximum Gasteiger partial charge on any atom is 0.256 e. The highest BCUT2D eigenvalue weighted by Crippen LogP contribution is 2.20. The first-order chi connectivity index (χ1) is 10.6. The summed E-state index contributed by atoms with van der Waals surface area (Å²) in [6, 6.07) is 4.82. The number of nitrogens with zero attached hydrogens (tertiary/aromatic N) is 1. The summed E-state index contributed by atoms with van der Waals surface area (Å²) < 4.78 is 19.4. The van der Waals surface area contributed by atoms with Gasteiger partial charge in [-0.1, -0.05) is 6.07 Å². The van der Waals surface area contributed by atoms with Crippen LogP contribution in [0.1, 0.15) is 16.8 Å². The highest BCUT2D eigenvalue weighted by molar-refractivity contribution is 7.71. The number of methoxy groups -OCH3 is 1. The zero-order valence-corrected chi connectivity index (χ0v) is 12.9. The van der Waals surface area contributed by atoms with Crippen LogP contribution in [0.15, 0.2) is 23.0 Å². The van der Waals surface area contributed by atoms with Gasteiger partial charge in [0.25, 0.3) is 5.56 Å². The molecule has 1 aromatic carbocycles. The smallest absolute Gasteiger partial charge is 0.256 e. The standard InChI is InChI=1S/C15H16FN3O2S/c1-21-10-3-2-9(12(16)6-10)7-19-5-4-13-11(8-19)14(20)18-15(22)17-13/h2-3,6H,4-5,7-8H2,1H3,(H2,17,18,20,22). The number of ether oxygens (including phenoxy) is 1. The van der Waals surface area contributed by atoms with Crippen molar-refractivity contribution in [1.82, 2.24) is 14.9 Å². The minimum atomic E-state index is -0.300. The molecule has 1 aliphatic rings. The first-order valence-corrected chi connectivity index (χ1v) is 7.37. The van der Waals surface area contributed by atoms with Crippen molar-refractivity contribution in [3.8, 4) is 5.75 Å². The fourth-order valence-electron chi connectivity index (χ4n) is 2.67. The van der Waals surface area contributed by atoms with E-state index in [1.807, 2.05) is 4.90 Å². The molecule has 0 amide bonds. The molecule has 5 nitrogen and oxygen atoms in total. The predicted molar refractivity (Wildman–Crippen MR) is 83.0 cm³/mol. The van der Waals surface area contributed by atoms with Gasteiger partial charge in [-0.2, -0.15) is 0 Å². The number of nitrogens with one attached hydrogen (secondary N) is 2. The summed E-state index contributed by atoms with van der Waals surface area (Å²) >= 11 is 4.97. The van der Waals surface area contributed by atoms with Gasteiger partial charge in [0.05, 0.1) is 12.7 Å². The fraction of sp³-hybridized carbons (Fsp3) is 0.333. The van der Waals surface area contributed by atoms with Gasteiger partial charge in [0, 0.05) is 43.4 Å². The summed E-state index contributed by atoms with van der Waals surface area (Å²) in [6.07, 6.45) is 0.695. The number of halogens is 1. The third kappa shape index (κ3) is 2.95. The van der Waals surface area contributed by atoms with Crippen molar-refractivity contribution in [3.05, 3.63) is 56.0 Å². The first-order valence-electron chi connectivity index (χ1n) is 6.96. The van der Waals surface area contributed by atoms with Crippen LogP contribution in [0.4, 0.5) is 4.39 Å². The molecule has 1 aromatic heterocycles. The van der Waals surface area contributed by atoms with Crippen molar-refractivity contribution in [2.75, 3.05) is 13.7 Å². The second kappa shape index (κ2) is 6.02. The molecule has 0 radical (unpaired) electrons. The van der Waals surface area contributed by atoms with Crippen molar-refractivity contribution in [2.24, 2.45) is 0 Å². The molecule has 2 aromatic rings. The summed E-state index contributed by atoms with van der Waals surface area (Å²) in [7, 11) is 1.51. The molecule has 2 heterocycles. The Morgan fingerprint density at radius 2 is 2.23 bits per heavy atom. The zero-order chi connectivity index (χ0) is 15.7. The molecular weight excluding hydrogens is 305 g/mol. The van der Waals surface area contributed by atoms with E-state index in [-0.39, 0.29) is 11.4 Å². The first kappa shape index (κ1) is 14.9. The number of benzene rings is 1. The van der Waals surface area contributed by atoms with E-state index in [1.165, 1.54) is 13.2 Å². The molecule has 2 N–H and O–H groups in total.